The fourth-order valence-corrected chi connectivity index (χ4v) is 2.91. The molecule has 2 fully saturated rings. The zero-order valence-electron chi connectivity index (χ0n) is 10.5. The van der Waals surface area contributed by atoms with Gasteiger partial charge in [-0.1, -0.05) is 6.92 Å². The van der Waals surface area contributed by atoms with E-state index in [0.717, 1.165) is 19.5 Å². The van der Waals surface area contributed by atoms with Crippen LogP contribution in [0.4, 0.5) is 0 Å². The molecule has 0 aromatic carbocycles. The Kier molecular flexibility index (Phi) is 4.22. The molecule has 3 heteroatoms. The lowest BCUT2D eigenvalue weighted by atomic mass is 9.93. The molecule has 94 valence electrons. The van der Waals surface area contributed by atoms with Gasteiger partial charge in [0.1, 0.15) is 0 Å². The van der Waals surface area contributed by atoms with Crippen LogP contribution in [-0.2, 0) is 0 Å². The van der Waals surface area contributed by atoms with Crippen LogP contribution >= 0.6 is 0 Å². The number of aliphatic hydroxyl groups excluding tert-OH is 1. The third-order valence-corrected chi connectivity index (χ3v) is 4.07. The molecule has 0 aromatic rings. The van der Waals surface area contributed by atoms with Gasteiger partial charge in [-0.2, -0.15) is 0 Å². The Hall–Kier alpha value is -0.120. The summed E-state index contributed by atoms with van der Waals surface area (Å²) in [6, 6.07) is 0. The number of nitrogens with one attached hydrogen (secondary N) is 1. The first-order valence-electron chi connectivity index (χ1n) is 6.89. The molecule has 16 heavy (non-hydrogen) atoms. The van der Waals surface area contributed by atoms with Crippen LogP contribution in [0.25, 0.3) is 0 Å². The maximum absolute atomic E-state index is 9.78. The van der Waals surface area contributed by atoms with E-state index in [1.54, 1.807) is 0 Å². The molecule has 2 rings (SSSR count). The smallest absolute Gasteiger partial charge is 0.0628 e. The van der Waals surface area contributed by atoms with Crippen LogP contribution in [0.5, 0.6) is 0 Å². The third-order valence-electron chi connectivity index (χ3n) is 4.07. The number of nitrogens with zero attached hydrogens (tertiary/aromatic N) is 1. The Morgan fingerprint density at radius 3 is 2.50 bits per heavy atom. The molecule has 0 spiro atoms. The van der Waals surface area contributed by atoms with E-state index in [9.17, 15) is 5.11 Å². The van der Waals surface area contributed by atoms with Crippen LogP contribution in [-0.4, -0.2) is 48.3 Å². The van der Waals surface area contributed by atoms with Crippen molar-refractivity contribution in [1.29, 1.82) is 0 Å². The molecular formula is C13H26N2O. The summed E-state index contributed by atoms with van der Waals surface area (Å²) in [6.45, 7) is 7.02. The van der Waals surface area contributed by atoms with Gasteiger partial charge in [0, 0.05) is 6.54 Å². The molecule has 1 heterocycles. The summed E-state index contributed by atoms with van der Waals surface area (Å²) in [7, 11) is 0. The van der Waals surface area contributed by atoms with E-state index >= 15 is 0 Å². The van der Waals surface area contributed by atoms with E-state index in [0.29, 0.717) is 12.5 Å². The third kappa shape index (κ3) is 2.76. The first-order valence-corrected chi connectivity index (χ1v) is 6.89. The van der Waals surface area contributed by atoms with E-state index in [2.05, 4.69) is 17.1 Å². The summed E-state index contributed by atoms with van der Waals surface area (Å²) >= 11 is 0. The predicted molar refractivity (Wildman–Crippen MR) is 66.5 cm³/mol. The summed E-state index contributed by atoms with van der Waals surface area (Å²) in [6.07, 6.45) is 6.41. The molecule has 1 aliphatic carbocycles. The molecule has 1 aliphatic heterocycles. The van der Waals surface area contributed by atoms with E-state index < -0.39 is 0 Å². The van der Waals surface area contributed by atoms with Gasteiger partial charge in [0.05, 0.1) is 12.1 Å². The molecule has 2 N–H and O–H groups in total. The highest BCUT2D eigenvalue weighted by molar-refractivity contribution is 5.03. The Labute approximate surface area is 99.2 Å². The van der Waals surface area contributed by atoms with Gasteiger partial charge in [-0.25, -0.2) is 0 Å². The van der Waals surface area contributed by atoms with Gasteiger partial charge in [-0.15, -0.1) is 0 Å². The Morgan fingerprint density at radius 2 is 2.00 bits per heavy atom. The Balaban J connectivity index is 1.93. The van der Waals surface area contributed by atoms with Crippen molar-refractivity contribution >= 4 is 0 Å². The normalized spacial score (nSPS) is 25.9. The molecule has 1 unspecified atom stereocenters. The molecule has 0 amide bonds. The van der Waals surface area contributed by atoms with Crippen LogP contribution in [0.2, 0.25) is 0 Å². The maximum atomic E-state index is 9.78. The highest BCUT2D eigenvalue weighted by Gasteiger charge is 2.45. The SMILES string of the molecule is CCCNC(CO)(CN1CCCC1)C1CC1. The molecule has 0 bridgehead atoms. The number of aliphatic hydroxyl groups is 1. The number of hydrogen-bond acceptors (Lipinski definition) is 3. The standard InChI is InChI=1S/C13H26N2O/c1-2-7-14-13(11-16,12-5-6-12)10-15-8-3-4-9-15/h12,14,16H,2-11H2,1H3. The first kappa shape index (κ1) is 12.3. The maximum Gasteiger partial charge on any atom is 0.0628 e. The van der Waals surface area contributed by atoms with Crippen molar-refractivity contribution < 1.29 is 5.11 Å². The van der Waals surface area contributed by atoms with Gasteiger partial charge in [0.15, 0.2) is 0 Å². The fraction of sp³-hybridized carbons (Fsp3) is 1.00. The van der Waals surface area contributed by atoms with Crippen LogP contribution in [0, 0.1) is 5.92 Å². The molecule has 0 radical (unpaired) electrons. The molecule has 1 saturated heterocycles. The Bertz CT molecular complexity index is 212. The second-order valence-electron chi connectivity index (χ2n) is 5.50. The fourth-order valence-electron chi connectivity index (χ4n) is 2.91. The van der Waals surface area contributed by atoms with Crippen LogP contribution in [0.15, 0.2) is 0 Å². The second-order valence-corrected chi connectivity index (χ2v) is 5.50. The van der Waals surface area contributed by atoms with E-state index in [-0.39, 0.29) is 5.54 Å². The minimum absolute atomic E-state index is 0.000347. The Morgan fingerprint density at radius 1 is 1.31 bits per heavy atom. The summed E-state index contributed by atoms with van der Waals surface area (Å²) in [4.78, 5) is 2.52. The summed E-state index contributed by atoms with van der Waals surface area (Å²) in [5.74, 6) is 0.713. The van der Waals surface area contributed by atoms with Gasteiger partial charge in [0.2, 0.25) is 0 Å². The molecule has 1 atom stereocenters. The topological polar surface area (TPSA) is 35.5 Å². The van der Waals surface area contributed by atoms with E-state index in [1.165, 1.54) is 38.8 Å². The van der Waals surface area contributed by atoms with Crippen molar-refractivity contribution in [3.05, 3.63) is 0 Å². The van der Waals surface area contributed by atoms with E-state index in [4.69, 9.17) is 0 Å². The summed E-state index contributed by atoms with van der Waals surface area (Å²) < 4.78 is 0. The van der Waals surface area contributed by atoms with Crippen molar-refractivity contribution in [1.82, 2.24) is 10.2 Å². The van der Waals surface area contributed by atoms with Gasteiger partial charge >= 0.3 is 0 Å². The van der Waals surface area contributed by atoms with E-state index in [1.807, 2.05) is 0 Å². The number of rotatable bonds is 7. The lowest BCUT2D eigenvalue weighted by molar-refractivity contribution is 0.100. The van der Waals surface area contributed by atoms with Gasteiger partial charge in [0.25, 0.3) is 0 Å². The molecule has 0 aromatic heterocycles. The average molecular weight is 226 g/mol. The van der Waals surface area contributed by atoms with Crippen molar-refractivity contribution in [2.24, 2.45) is 5.92 Å². The minimum Gasteiger partial charge on any atom is -0.394 e. The summed E-state index contributed by atoms with van der Waals surface area (Å²) in [5, 5.41) is 13.4. The van der Waals surface area contributed by atoms with Crippen molar-refractivity contribution in [2.75, 3.05) is 32.8 Å². The minimum atomic E-state index is 0.000347. The highest BCUT2D eigenvalue weighted by atomic mass is 16.3. The van der Waals surface area contributed by atoms with Gasteiger partial charge < -0.3 is 15.3 Å². The molecule has 2 aliphatic rings. The lowest BCUT2D eigenvalue weighted by Gasteiger charge is -2.37. The quantitative estimate of drug-likeness (QED) is 0.685. The number of hydrogen-bond donors (Lipinski definition) is 2. The largest absolute Gasteiger partial charge is 0.394 e. The van der Waals surface area contributed by atoms with Crippen molar-refractivity contribution in [3.8, 4) is 0 Å². The van der Waals surface area contributed by atoms with Crippen molar-refractivity contribution in [2.45, 2.75) is 44.6 Å². The molecular weight excluding hydrogens is 200 g/mol. The summed E-state index contributed by atoms with van der Waals surface area (Å²) in [5.41, 5.74) is 0.000347. The molecule has 3 nitrogen and oxygen atoms in total. The average Bonchev–Trinajstić information content (AvgIpc) is 3.05. The zero-order chi connectivity index (χ0) is 11.4. The second kappa shape index (κ2) is 5.48. The van der Waals surface area contributed by atoms with Crippen LogP contribution in [0.1, 0.15) is 39.0 Å². The van der Waals surface area contributed by atoms with Crippen LogP contribution < -0.4 is 5.32 Å². The van der Waals surface area contributed by atoms with Gasteiger partial charge in [-0.3, -0.25) is 0 Å². The monoisotopic (exact) mass is 226 g/mol. The molecule has 1 saturated carbocycles. The number of likely N-dealkylation sites (tertiary alicyclic amines) is 1. The van der Waals surface area contributed by atoms with Gasteiger partial charge in [-0.05, 0) is 57.7 Å². The predicted octanol–water partition coefficient (Wildman–Crippen LogP) is 1.22. The van der Waals surface area contributed by atoms with Crippen molar-refractivity contribution in [3.63, 3.8) is 0 Å². The van der Waals surface area contributed by atoms with Crippen LogP contribution in [0.3, 0.4) is 0 Å². The zero-order valence-corrected chi connectivity index (χ0v) is 10.5. The highest BCUT2D eigenvalue weighted by Crippen LogP contribution is 2.40. The first-order chi connectivity index (χ1) is 7.80. The lowest BCUT2D eigenvalue weighted by Crippen LogP contribution is -2.57.